The lowest BCUT2D eigenvalue weighted by molar-refractivity contribution is 0.101. The van der Waals surface area contributed by atoms with Gasteiger partial charge in [-0.15, -0.1) is 0 Å². The van der Waals surface area contributed by atoms with E-state index in [0.717, 1.165) is 5.56 Å². The predicted molar refractivity (Wildman–Crippen MR) is 50.0 cm³/mol. The fourth-order valence-electron chi connectivity index (χ4n) is 1.13. The second-order valence-corrected chi connectivity index (χ2v) is 2.80. The third-order valence-electron chi connectivity index (χ3n) is 1.93. The van der Waals surface area contributed by atoms with Crippen molar-refractivity contribution in [3.8, 4) is 0 Å². The van der Waals surface area contributed by atoms with Crippen LogP contribution in [0.3, 0.4) is 0 Å². The van der Waals surface area contributed by atoms with Crippen LogP contribution in [-0.4, -0.2) is 5.78 Å². The zero-order valence-corrected chi connectivity index (χ0v) is 7.22. The summed E-state index contributed by atoms with van der Waals surface area (Å²) in [5.74, 6) is 0.0131. The smallest absolute Gasteiger partial charge is 0.160 e. The highest BCUT2D eigenvalue weighted by Crippen LogP contribution is 2.22. The lowest BCUT2D eigenvalue weighted by atomic mass is 10.0. The molecule has 4 N–H and O–H groups in total. The second kappa shape index (κ2) is 2.85. The Morgan fingerprint density at radius 2 is 1.92 bits per heavy atom. The summed E-state index contributed by atoms with van der Waals surface area (Å²) in [5.41, 5.74) is 13.6. The third-order valence-corrected chi connectivity index (χ3v) is 1.93. The largest absolute Gasteiger partial charge is 0.397 e. The van der Waals surface area contributed by atoms with Crippen molar-refractivity contribution in [1.29, 1.82) is 0 Å². The minimum atomic E-state index is 0.0131. The van der Waals surface area contributed by atoms with E-state index >= 15 is 0 Å². The Hall–Kier alpha value is -1.51. The van der Waals surface area contributed by atoms with Crippen molar-refractivity contribution < 1.29 is 4.79 Å². The quantitative estimate of drug-likeness (QED) is 0.486. The Morgan fingerprint density at radius 1 is 1.33 bits per heavy atom. The molecule has 0 saturated heterocycles. The van der Waals surface area contributed by atoms with Crippen LogP contribution in [0.2, 0.25) is 0 Å². The molecule has 0 bridgehead atoms. The SMILES string of the molecule is CC(=O)c1ccc(N)c(N)c1C. The fourth-order valence-corrected chi connectivity index (χ4v) is 1.13. The Bertz CT molecular complexity index is 332. The average molecular weight is 164 g/mol. The normalized spacial score (nSPS) is 9.83. The van der Waals surface area contributed by atoms with Crippen molar-refractivity contribution in [1.82, 2.24) is 0 Å². The van der Waals surface area contributed by atoms with Crippen molar-refractivity contribution in [3.05, 3.63) is 23.3 Å². The van der Waals surface area contributed by atoms with Gasteiger partial charge in [0, 0.05) is 5.56 Å². The number of nitrogen functional groups attached to an aromatic ring is 2. The molecule has 0 atom stereocenters. The summed E-state index contributed by atoms with van der Waals surface area (Å²) in [7, 11) is 0. The maximum absolute atomic E-state index is 11.0. The molecule has 0 unspecified atom stereocenters. The monoisotopic (exact) mass is 164 g/mol. The number of Topliss-reactive ketones (excluding diaryl/α,β-unsaturated/α-hetero) is 1. The van der Waals surface area contributed by atoms with Gasteiger partial charge in [-0.1, -0.05) is 0 Å². The summed E-state index contributed by atoms with van der Waals surface area (Å²) in [6, 6.07) is 3.35. The number of hydrogen-bond donors (Lipinski definition) is 2. The molecule has 0 saturated carbocycles. The van der Waals surface area contributed by atoms with Gasteiger partial charge in [-0.05, 0) is 31.5 Å². The molecule has 1 aromatic rings. The first kappa shape index (κ1) is 8.59. The van der Waals surface area contributed by atoms with Gasteiger partial charge < -0.3 is 11.5 Å². The minimum absolute atomic E-state index is 0.0131. The highest BCUT2D eigenvalue weighted by Gasteiger charge is 2.07. The van der Waals surface area contributed by atoms with Crippen LogP contribution in [0.15, 0.2) is 12.1 Å². The zero-order valence-electron chi connectivity index (χ0n) is 7.22. The maximum atomic E-state index is 11.0. The van der Waals surface area contributed by atoms with Gasteiger partial charge in [0.05, 0.1) is 11.4 Å². The van der Waals surface area contributed by atoms with Gasteiger partial charge in [-0.2, -0.15) is 0 Å². The lowest BCUT2D eigenvalue weighted by Gasteiger charge is -2.07. The molecule has 0 aliphatic heterocycles. The Morgan fingerprint density at radius 3 is 2.42 bits per heavy atom. The molecule has 0 heterocycles. The van der Waals surface area contributed by atoms with Gasteiger partial charge in [0.25, 0.3) is 0 Å². The molecule has 0 aliphatic rings. The Labute approximate surface area is 71.4 Å². The summed E-state index contributed by atoms with van der Waals surface area (Å²) in [6.07, 6.45) is 0. The Balaban J connectivity index is 3.36. The van der Waals surface area contributed by atoms with Gasteiger partial charge >= 0.3 is 0 Å². The number of carbonyl (C=O) groups excluding carboxylic acids is 1. The molecule has 0 aliphatic carbocycles. The molecule has 12 heavy (non-hydrogen) atoms. The molecule has 3 nitrogen and oxygen atoms in total. The maximum Gasteiger partial charge on any atom is 0.160 e. The van der Waals surface area contributed by atoms with Gasteiger partial charge in [0.15, 0.2) is 5.78 Å². The number of benzene rings is 1. The molecule has 64 valence electrons. The summed E-state index contributed by atoms with van der Waals surface area (Å²) in [5, 5.41) is 0. The van der Waals surface area contributed by atoms with E-state index < -0.39 is 0 Å². The fraction of sp³-hybridized carbons (Fsp3) is 0.222. The number of ketones is 1. The summed E-state index contributed by atoms with van der Waals surface area (Å²) < 4.78 is 0. The van der Waals surface area contributed by atoms with E-state index in [1.54, 1.807) is 19.1 Å². The summed E-state index contributed by atoms with van der Waals surface area (Å²) >= 11 is 0. The first-order chi connectivity index (χ1) is 5.54. The van der Waals surface area contributed by atoms with Crippen LogP contribution in [0.4, 0.5) is 11.4 Å². The molecule has 0 amide bonds. The summed E-state index contributed by atoms with van der Waals surface area (Å²) in [6.45, 7) is 3.31. The third kappa shape index (κ3) is 1.25. The number of rotatable bonds is 1. The number of hydrogen-bond acceptors (Lipinski definition) is 3. The number of nitrogens with two attached hydrogens (primary N) is 2. The van der Waals surface area contributed by atoms with Crippen LogP contribution in [-0.2, 0) is 0 Å². The van der Waals surface area contributed by atoms with Gasteiger partial charge in [0.2, 0.25) is 0 Å². The Kier molecular flexibility index (Phi) is 2.04. The van der Waals surface area contributed by atoms with Crippen molar-refractivity contribution in [3.63, 3.8) is 0 Å². The summed E-state index contributed by atoms with van der Waals surface area (Å²) in [4.78, 5) is 11.0. The molecule has 0 fully saturated rings. The van der Waals surface area contributed by atoms with Crippen LogP contribution >= 0.6 is 0 Å². The first-order valence-electron chi connectivity index (χ1n) is 3.69. The second-order valence-electron chi connectivity index (χ2n) is 2.80. The lowest BCUT2D eigenvalue weighted by Crippen LogP contribution is -2.03. The van der Waals surface area contributed by atoms with Gasteiger partial charge in [0.1, 0.15) is 0 Å². The van der Waals surface area contributed by atoms with Crippen LogP contribution < -0.4 is 11.5 Å². The zero-order chi connectivity index (χ0) is 9.30. The number of carbonyl (C=O) groups is 1. The molecule has 1 aromatic carbocycles. The van der Waals surface area contributed by atoms with Crippen LogP contribution in [0.5, 0.6) is 0 Å². The van der Waals surface area contributed by atoms with Crippen molar-refractivity contribution in [2.24, 2.45) is 0 Å². The molecule has 0 aromatic heterocycles. The first-order valence-corrected chi connectivity index (χ1v) is 3.69. The topological polar surface area (TPSA) is 69.1 Å². The van der Waals surface area contributed by atoms with E-state index in [1.165, 1.54) is 6.92 Å². The highest BCUT2D eigenvalue weighted by molar-refractivity contribution is 5.97. The van der Waals surface area contributed by atoms with Crippen LogP contribution in [0.1, 0.15) is 22.8 Å². The number of anilines is 2. The van der Waals surface area contributed by atoms with Crippen LogP contribution in [0, 0.1) is 6.92 Å². The molecule has 3 heteroatoms. The average Bonchev–Trinajstić information content (AvgIpc) is 2.00. The highest BCUT2D eigenvalue weighted by atomic mass is 16.1. The van der Waals surface area contributed by atoms with E-state index in [0.29, 0.717) is 16.9 Å². The predicted octanol–water partition coefficient (Wildman–Crippen LogP) is 1.36. The molecule has 1 rings (SSSR count). The van der Waals surface area contributed by atoms with E-state index in [2.05, 4.69) is 0 Å². The van der Waals surface area contributed by atoms with Gasteiger partial charge in [-0.3, -0.25) is 4.79 Å². The van der Waals surface area contributed by atoms with E-state index in [4.69, 9.17) is 11.5 Å². The van der Waals surface area contributed by atoms with Crippen LogP contribution in [0.25, 0.3) is 0 Å². The minimum Gasteiger partial charge on any atom is -0.397 e. The molecule has 0 spiro atoms. The molecule has 0 radical (unpaired) electrons. The van der Waals surface area contributed by atoms with Gasteiger partial charge in [-0.25, -0.2) is 0 Å². The van der Waals surface area contributed by atoms with E-state index in [9.17, 15) is 4.79 Å². The van der Waals surface area contributed by atoms with E-state index in [1.807, 2.05) is 0 Å². The molecular weight excluding hydrogens is 152 g/mol. The van der Waals surface area contributed by atoms with Crippen molar-refractivity contribution in [2.45, 2.75) is 13.8 Å². The van der Waals surface area contributed by atoms with E-state index in [-0.39, 0.29) is 5.78 Å². The van der Waals surface area contributed by atoms with Crippen molar-refractivity contribution >= 4 is 17.2 Å². The standard InChI is InChI=1S/C9H12N2O/c1-5-7(6(2)12)3-4-8(10)9(5)11/h3-4H,10-11H2,1-2H3. The molecular formula is C9H12N2O. The van der Waals surface area contributed by atoms with Crippen molar-refractivity contribution in [2.75, 3.05) is 11.5 Å².